The van der Waals surface area contributed by atoms with E-state index in [0.717, 1.165) is 23.8 Å². The molecule has 100 valence electrons. The standard InChI is InChI=1S/C14H20Cl2N2/c1-2-11-6-4-3-5-9-18(11)10-13-12(15)7-8-14(16)17-13/h7-8,11H,2-6,9-10H2,1H3. The molecule has 1 aliphatic rings. The van der Waals surface area contributed by atoms with Crippen LogP contribution in [0.3, 0.4) is 0 Å². The molecule has 2 nitrogen and oxygen atoms in total. The second kappa shape index (κ2) is 6.74. The summed E-state index contributed by atoms with van der Waals surface area (Å²) < 4.78 is 0. The highest BCUT2D eigenvalue weighted by atomic mass is 35.5. The lowest BCUT2D eigenvalue weighted by molar-refractivity contribution is 0.184. The Labute approximate surface area is 119 Å². The van der Waals surface area contributed by atoms with E-state index >= 15 is 0 Å². The molecule has 1 saturated heterocycles. The van der Waals surface area contributed by atoms with E-state index < -0.39 is 0 Å². The van der Waals surface area contributed by atoms with Gasteiger partial charge in [-0.25, -0.2) is 4.98 Å². The summed E-state index contributed by atoms with van der Waals surface area (Å²) in [5, 5.41) is 1.25. The van der Waals surface area contributed by atoms with Gasteiger partial charge in [0.05, 0.1) is 10.7 Å². The molecule has 1 aromatic rings. The van der Waals surface area contributed by atoms with Crippen LogP contribution in [0.1, 0.15) is 44.7 Å². The quantitative estimate of drug-likeness (QED) is 0.758. The number of rotatable bonds is 3. The maximum atomic E-state index is 6.20. The molecule has 1 aliphatic heterocycles. The van der Waals surface area contributed by atoms with Gasteiger partial charge in [-0.3, -0.25) is 4.90 Å². The summed E-state index contributed by atoms with van der Waals surface area (Å²) in [6, 6.07) is 4.24. The molecule has 1 fully saturated rings. The molecule has 0 radical (unpaired) electrons. The van der Waals surface area contributed by atoms with Gasteiger partial charge in [0.15, 0.2) is 0 Å². The molecular formula is C14H20Cl2N2. The van der Waals surface area contributed by atoms with Crippen LogP contribution in [0, 0.1) is 0 Å². The van der Waals surface area contributed by atoms with Crippen molar-refractivity contribution in [2.45, 2.75) is 51.6 Å². The molecule has 4 heteroatoms. The minimum absolute atomic E-state index is 0.525. The van der Waals surface area contributed by atoms with Crippen LogP contribution in [-0.4, -0.2) is 22.5 Å². The van der Waals surface area contributed by atoms with Gasteiger partial charge in [-0.05, 0) is 37.9 Å². The second-order valence-corrected chi connectivity index (χ2v) is 5.74. The first-order valence-corrected chi connectivity index (χ1v) is 7.51. The van der Waals surface area contributed by atoms with E-state index in [1.54, 1.807) is 6.07 Å². The summed E-state index contributed by atoms with van der Waals surface area (Å²) >= 11 is 12.1. The number of hydrogen-bond donors (Lipinski definition) is 0. The maximum Gasteiger partial charge on any atom is 0.129 e. The lowest BCUT2D eigenvalue weighted by Crippen LogP contribution is -2.34. The molecule has 2 rings (SSSR count). The van der Waals surface area contributed by atoms with Gasteiger partial charge in [-0.1, -0.05) is 43.0 Å². The Morgan fingerprint density at radius 3 is 2.89 bits per heavy atom. The van der Waals surface area contributed by atoms with Gasteiger partial charge in [-0.2, -0.15) is 0 Å². The van der Waals surface area contributed by atoms with Gasteiger partial charge in [0.25, 0.3) is 0 Å². The molecule has 1 aromatic heterocycles. The summed E-state index contributed by atoms with van der Waals surface area (Å²) in [5.74, 6) is 0. The van der Waals surface area contributed by atoms with Crippen molar-refractivity contribution < 1.29 is 0 Å². The second-order valence-electron chi connectivity index (χ2n) is 4.94. The Balaban J connectivity index is 2.12. The zero-order valence-corrected chi connectivity index (χ0v) is 12.3. The van der Waals surface area contributed by atoms with Crippen LogP contribution in [0.5, 0.6) is 0 Å². The number of likely N-dealkylation sites (tertiary alicyclic amines) is 1. The molecule has 1 unspecified atom stereocenters. The Morgan fingerprint density at radius 2 is 2.11 bits per heavy atom. The van der Waals surface area contributed by atoms with E-state index in [1.165, 1.54) is 32.1 Å². The summed E-state index contributed by atoms with van der Waals surface area (Å²) in [6.45, 7) is 4.22. The molecule has 0 bridgehead atoms. The van der Waals surface area contributed by atoms with Crippen molar-refractivity contribution in [1.29, 1.82) is 0 Å². The van der Waals surface area contributed by atoms with Crippen LogP contribution in [0.2, 0.25) is 10.2 Å². The van der Waals surface area contributed by atoms with Crippen LogP contribution < -0.4 is 0 Å². The first-order chi connectivity index (χ1) is 8.70. The average Bonchev–Trinajstić information content (AvgIpc) is 2.59. The number of hydrogen-bond acceptors (Lipinski definition) is 2. The van der Waals surface area contributed by atoms with Crippen LogP contribution in [0.4, 0.5) is 0 Å². The van der Waals surface area contributed by atoms with Gasteiger partial charge < -0.3 is 0 Å². The van der Waals surface area contributed by atoms with Crippen molar-refractivity contribution in [3.8, 4) is 0 Å². The van der Waals surface area contributed by atoms with Crippen LogP contribution in [0.15, 0.2) is 12.1 Å². The predicted octanol–water partition coefficient (Wildman–Crippen LogP) is 4.54. The van der Waals surface area contributed by atoms with Gasteiger partial charge in [0, 0.05) is 12.6 Å². The van der Waals surface area contributed by atoms with Crippen LogP contribution in [-0.2, 0) is 6.54 Å². The van der Waals surface area contributed by atoms with E-state index in [-0.39, 0.29) is 0 Å². The van der Waals surface area contributed by atoms with Gasteiger partial charge in [-0.15, -0.1) is 0 Å². The topological polar surface area (TPSA) is 16.1 Å². The smallest absolute Gasteiger partial charge is 0.129 e. The van der Waals surface area contributed by atoms with E-state index in [4.69, 9.17) is 23.2 Å². The Hall–Kier alpha value is -0.310. The number of halogens is 2. The number of nitrogens with zero attached hydrogens (tertiary/aromatic N) is 2. The molecule has 18 heavy (non-hydrogen) atoms. The molecule has 0 aliphatic carbocycles. The Kier molecular flexibility index (Phi) is 5.28. The van der Waals surface area contributed by atoms with Crippen molar-refractivity contribution >= 4 is 23.2 Å². The molecular weight excluding hydrogens is 267 g/mol. The highest BCUT2D eigenvalue weighted by Crippen LogP contribution is 2.24. The van der Waals surface area contributed by atoms with Gasteiger partial charge in [0.2, 0.25) is 0 Å². The zero-order chi connectivity index (χ0) is 13.0. The van der Waals surface area contributed by atoms with E-state index in [9.17, 15) is 0 Å². The first-order valence-electron chi connectivity index (χ1n) is 6.75. The Morgan fingerprint density at radius 1 is 1.28 bits per heavy atom. The summed E-state index contributed by atoms with van der Waals surface area (Å²) in [5.41, 5.74) is 0.907. The molecule has 0 aromatic carbocycles. The summed E-state index contributed by atoms with van der Waals surface area (Å²) in [7, 11) is 0. The zero-order valence-electron chi connectivity index (χ0n) is 10.8. The Bertz CT molecular complexity index is 395. The van der Waals surface area contributed by atoms with E-state index in [0.29, 0.717) is 11.2 Å². The summed E-state index contributed by atoms with van der Waals surface area (Å²) in [6.07, 6.45) is 6.43. The third kappa shape index (κ3) is 3.59. The predicted molar refractivity (Wildman–Crippen MR) is 77.2 cm³/mol. The highest BCUT2D eigenvalue weighted by molar-refractivity contribution is 6.32. The largest absolute Gasteiger partial charge is 0.295 e. The van der Waals surface area contributed by atoms with Crippen molar-refractivity contribution in [3.05, 3.63) is 28.0 Å². The molecule has 2 heterocycles. The first kappa shape index (κ1) is 14.1. The van der Waals surface area contributed by atoms with Crippen LogP contribution in [0.25, 0.3) is 0 Å². The summed E-state index contributed by atoms with van der Waals surface area (Å²) in [4.78, 5) is 6.87. The fourth-order valence-corrected chi connectivity index (χ4v) is 3.00. The normalized spacial score (nSPS) is 21.8. The van der Waals surface area contributed by atoms with Crippen molar-refractivity contribution in [3.63, 3.8) is 0 Å². The molecule has 0 N–H and O–H groups in total. The monoisotopic (exact) mass is 286 g/mol. The molecule has 1 atom stereocenters. The fourth-order valence-electron chi connectivity index (χ4n) is 2.67. The minimum Gasteiger partial charge on any atom is -0.295 e. The third-order valence-corrected chi connectivity index (χ3v) is 4.26. The number of aromatic nitrogens is 1. The van der Waals surface area contributed by atoms with Gasteiger partial charge in [0.1, 0.15) is 5.15 Å². The minimum atomic E-state index is 0.525. The maximum absolute atomic E-state index is 6.20. The number of pyridine rings is 1. The third-order valence-electron chi connectivity index (χ3n) is 3.71. The molecule has 0 saturated carbocycles. The van der Waals surface area contributed by atoms with Crippen molar-refractivity contribution in [1.82, 2.24) is 9.88 Å². The van der Waals surface area contributed by atoms with E-state index in [1.807, 2.05) is 6.07 Å². The van der Waals surface area contributed by atoms with E-state index in [2.05, 4.69) is 16.8 Å². The van der Waals surface area contributed by atoms with Crippen molar-refractivity contribution in [2.75, 3.05) is 6.54 Å². The fraction of sp³-hybridized carbons (Fsp3) is 0.643. The highest BCUT2D eigenvalue weighted by Gasteiger charge is 2.20. The average molecular weight is 287 g/mol. The lowest BCUT2D eigenvalue weighted by atomic mass is 10.1. The molecule has 0 amide bonds. The van der Waals surface area contributed by atoms with Crippen molar-refractivity contribution in [2.24, 2.45) is 0 Å². The lowest BCUT2D eigenvalue weighted by Gasteiger charge is -2.29. The molecule has 0 spiro atoms. The van der Waals surface area contributed by atoms with Gasteiger partial charge >= 0.3 is 0 Å². The van der Waals surface area contributed by atoms with Crippen LogP contribution >= 0.6 is 23.2 Å². The SMILES string of the molecule is CCC1CCCCCN1Cc1nc(Cl)ccc1Cl.